The molecule has 0 radical (unpaired) electrons. The number of nitrogens with one attached hydrogen (secondary N) is 1. The Balaban J connectivity index is 1.73. The Morgan fingerprint density at radius 1 is 1.15 bits per heavy atom. The quantitative estimate of drug-likeness (QED) is 0.928. The average Bonchev–Trinajstić information content (AvgIpc) is 2.49. The van der Waals surface area contributed by atoms with Crippen LogP contribution in [0.15, 0.2) is 36.5 Å². The van der Waals surface area contributed by atoms with Crippen molar-refractivity contribution in [1.82, 2.24) is 15.2 Å². The third-order valence-electron chi connectivity index (χ3n) is 3.68. The normalized spacial score (nSPS) is 16.1. The van der Waals surface area contributed by atoms with E-state index in [0.717, 1.165) is 30.5 Å². The van der Waals surface area contributed by atoms with Crippen molar-refractivity contribution in [3.63, 3.8) is 0 Å². The van der Waals surface area contributed by atoms with Gasteiger partial charge in [-0.1, -0.05) is 25.1 Å². The van der Waals surface area contributed by atoms with Crippen molar-refractivity contribution in [2.75, 3.05) is 23.3 Å². The van der Waals surface area contributed by atoms with Crippen molar-refractivity contribution >= 4 is 17.5 Å². The highest BCUT2D eigenvalue weighted by Crippen LogP contribution is 2.21. The minimum atomic E-state index is 0.548. The third kappa shape index (κ3) is 3.04. The molecular weight excluding hydrogens is 250 g/mol. The van der Waals surface area contributed by atoms with Crippen LogP contribution < -0.4 is 10.2 Å². The summed E-state index contributed by atoms with van der Waals surface area (Å²) in [6.45, 7) is 4.40. The zero-order chi connectivity index (χ0) is 13.8. The van der Waals surface area contributed by atoms with E-state index < -0.39 is 0 Å². The summed E-state index contributed by atoms with van der Waals surface area (Å²) in [5.41, 5.74) is 0.971. The van der Waals surface area contributed by atoms with Crippen molar-refractivity contribution in [2.24, 2.45) is 5.92 Å². The molecule has 1 N–H and O–H groups in total. The predicted octanol–water partition coefficient (Wildman–Crippen LogP) is 2.85. The van der Waals surface area contributed by atoms with E-state index in [2.05, 4.69) is 32.3 Å². The molecule has 2 heterocycles. The van der Waals surface area contributed by atoms with Crippen molar-refractivity contribution in [3.05, 3.63) is 36.5 Å². The van der Waals surface area contributed by atoms with E-state index in [0.29, 0.717) is 5.95 Å². The molecule has 1 aliphatic rings. The van der Waals surface area contributed by atoms with Crippen LogP contribution >= 0.6 is 0 Å². The fourth-order valence-corrected chi connectivity index (χ4v) is 2.39. The van der Waals surface area contributed by atoms with Gasteiger partial charge < -0.3 is 10.2 Å². The molecule has 3 rings (SSSR count). The Labute approximate surface area is 119 Å². The van der Waals surface area contributed by atoms with Gasteiger partial charge in [0.25, 0.3) is 0 Å². The van der Waals surface area contributed by atoms with Gasteiger partial charge in [0, 0.05) is 18.8 Å². The van der Waals surface area contributed by atoms with E-state index in [-0.39, 0.29) is 0 Å². The molecule has 0 bridgehead atoms. The van der Waals surface area contributed by atoms with Gasteiger partial charge in [0.2, 0.25) is 5.95 Å². The van der Waals surface area contributed by atoms with Gasteiger partial charge in [-0.05, 0) is 30.9 Å². The lowest BCUT2D eigenvalue weighted by atomic mass is 9.99. The number of aromatic nitrogens is 3. The molecule has 0 spiro atoms. The lowest BCUT2D eigenvalue weighted by molar-refractivity contribution is 0.436. The van der Waals surface area contributed by atoms with Crippen LogP contribution in [0.5, 0.6) is 0 Å². The SMILES string of the molecule is CC1CCN(c2cnnc(Nc3ccccc3)n2)CC1. The molecule has 5 heteroatoms. The summed E-state index contributed by atoms with van der Waals surface area (Å²) in [5.74, 6) is 2.26. The molecule has 1 aromatic carbocycles. The fraction of sp³-hybridized carbons (Fsp3) is 0.400. The number of piperidine rings is 1. The topological polar surface area (TPSA) is 53.9 Å². The van der Waals surface area contributed by atoms with Crippen LogP contribution in [0.4, 0.5) is 17.5 Å². The van der Waals surface area contributed by atoms with Crippen molar-refractivity contribution in [2.45, 2.75) is 19.8 Å². The number of nitrogens with zero attached hydrogens (tertiary/aromatic N) is 4. The van der Waals surface area contributed by atoms with Crippen molar-refractivity contribution in [3.8, 4) is 0 Å². The summed E-state index contributed by atoms with van der Waals surface area (Å²) in [7, 11) is 0. The second-order valence-electron chi connectivity index (χ2n) is 5.30. The molecular formula is C15H19N5. The number of benzene rings is 1. The minimum absolute atomic E-state index is 0.548. The van der Waals surface area contributed by atoms with E-state index in [1.165, 1.54) is 12.8 Å². The van der Waals surface area contributed by atoms with Crippen LogP contribution in [0.3, 0.4) is 0 Å². The Hall–Kier alpha value is -2.17. The Kier molecular flexibility index (Phi) is 3.76. The summed E-state index contributed by atoms with van der Waals surface area (Å²) in [4.78, 5) is 6.84. The Morgan fingerprint density at radius 3 is 2.65 bits per heavy atom. The molecule has 0 saturated carbocycles. The second-order valence-corrected chi connectivity index (χ2v) is 5.30. The molecule has 1 aromatic heterocycles. The highest BCUT2D eigenvalue weighted by atomic mass is 15.3. The molecule has 1 saturated heterocycles. The number of rotatable bonds is 3. The van der Waals surface area contributed by atoms with E-state index in [9.17, 15) is 0 Å². The zero-order valence-electron chi connectivity index (χ0n) is 11.7. The predicted molar refractivity (Wildman–Crippen MR) is 80.2 cm³/mol. The average molecular weight is 269 g/mol. The minimum Gasteiger partial charge on any atom is -0.355 e. The maximum atomic E-state index is 4.56. The maximum Gasteiger partial charge on any atom is 0.249 e. The van der Waals surface area contributed by atoms with Gasteiger partial charge in [-0.3, -0.25) is 0 Å². The highest BCUT2D eigenvalue weighted by Gasteiger charge is 2.17. The molecule has 0 aliphatic carbocycles. The van der Waals surface area contributed by atoms with Gasteiger partial charge in [-0.15, -0.1) is 5.10 Å². The van der Waals surface area contributed by atoms with Crippen LogP contribution in [0.2, 0.25) is 0 Å². The van der Waals surface area contributed by atoms with Crippen LogP contribution in [0, 0.1) is 5.92 Å². The van der Waals surface area contributed by atoms with Gasteiger partial charge in [0.1, 0.15) is 0 Å². The summed E-state index contributed by atoms with van der Waals surface area (Å²) in [5, 5.41) is 11.3. The number of para-hydroxylation sites is 1. The van der Waals surface area contributed by atoms with Gasteiger partial charge in [-0.25, -0.2) is 0 Å². The largest absolute Gasteiger partial charge is 0.355 e. The maximum absolute atomic E-state index is 4.56. The fourth-order valence-electron chi connectivity index (χ4n) is 2.39. The smallest absolute Gasteiger partial charge is 0.249 e. The monoisotopic (exact) mass is 269 g/mol. The summed E-state index contributed by atoms with van der Waals surface area (Å²) in [6, 6.07) is 9.91. The number of anilines is 3. The first-order valence-electron chi connectivity index (χ1n) is 7.08. The summed E-state index contributed by atoms with van der Waals surface area (Å²) < 4.78 is 0. The van der Waals surface area contributed by atoms with Gasteiger partial charge >= 0.3 is 0 Å². The van der Waals surface area contributed by atoms with E-state index in [4.69, 9.17) is 0 Å². The van der Waals surface area contributed by atoms with E-state index in [1.54, 1.807) is 6.20 Å². The molecule has 104 valence electrons. The van der Waals surface area contributed by atoms with Gasteiger partial charge in [0.15, 0.2) is 5.82 Å². The third-order valence-corrected chi connectivity index (χ3v) is 3.68. The molecule has 2 aromatic rings. The Bertz CT molecular complexity index is 549. The van der Waals surface area contributed by atoms with Crippen LogP contribution in [-0.2, 0) is 0 Å². The molecule has 5 nitrogen and oxygen atoms in total. The molecule has 0 amide bonds. The first-order valence-corrected chi connectivity index (χ1v) is 7.08. The highest BCUT2D eigenvalue weighted by molar-refractivity contribution is 5.53. The second kappa shape index (κ2) is 5.86. The van der Waals surface area contributed by atoms with Crippen LogP contribution in [0.1, 0.15) is 19.8 Å². The first kappa shape index (κ1) is 12.8. The van der Waals surface area contributed by atoms with Crippen molar-refractivity contribution < 1.29 is 0 Å². The lowest BCUT2D eigenvalue weighted by Gasteiger charge is -2.30. The van der Waals surface area contributed by atoms with Crippen LogP contribution in [0.25, 0.3) is 0 Å². The van der Waals surface area contributed by atoms with E-state index in [1.807, 2.05) is 30.3 Å². The molecule has 1 fully saturated rings. The van der Waals surface area contributed by atoms with E-state index >= 15 is 0 Å². The number of hydrogen-bond donors (Lipinski definition) is 1. The van der Waals surface area contributed by atoms with Crippen molar-refractivity contribution in [1.29, 1.82) is 0 Å². The standard InChI is InChI=1S/C15H19N5/c1-12-7-9-20(10-8-12)14-11-16-19-15(18-14)17-13-5-3-2-4-6-13/h2-6,11-12H,7-10H2,1H3,(H,17,18,19). The lowest BCUT2D eigenvalue weighted by Crippen LogP contribution is -2.33. The van der Waals surface area contributed by atoms with Crippen LogP contribution in [-0.4, -0.2) is 28.3 Å². The zero-order valence-corrected chi connectivity index (χ0v) is 11.7. The molecule has 0 unspecified atom stereocenters. The summed E-state index contributed by atoms with van der Waals surface area (Å²) >= 11 is 0. The number of hydrogen-bond acceptors (Lipinski definition) is 5. The Morgan fingerprint density at radius 2 is 1.90 bits per heavy atom. The van der Waals surface area contributed by atoms with Gasteiger partial charge in [0.05, 0.1) is 6.20 Å². The summed E-state index contributed by atoms with van der Waals surface area (Å²) in [6.07, 6.45) is 4.17. The van der Waals surface area contributed by atoms with Gasteiger partial charge in [-0.2, -0.15) is 10.1 Å². The molecule has 20 heavy (non-hydrogen) atoms. The molecule has 0 atom stereocenters. The molecule has 1 aliphatic heterocycles. The first-order chi connectivity index (χ1) is 9.81.